The summed E-state index contributed by atoms with van der Waals surface area (Å²) in [6, 6.07) is 30.5. The molecule has 52 heavy (non-hydrogen) atoms. The molecule has 5 aromatic rings. The summed E-state index contributed by atoms with van der Waals surface area (Å²) in [4.78, 5) is 26.9. The van der Waals surface area contributed by atoms with Gasteiger partial charge in [-0.05, 0) is 64.2 Å². The third-order valence-electron chi connectivity index (χ3n) is 8.27. The molecule has 0 saturated heterocycles. The number of carbonyl (C=O) groups excluding carboxylic acids is 1. The number of sulfonamides is 1. The van der Waals surface area contributed by atoms with Crippen LogP contribution in [0.1, 0.15) is 21.5 Å². The van der Waals surface area contributed by atoms with Gasteiger partial charge in [-0.3, -0.25) is 4.79 Å². The van der Waals surface area contributed by atoms with Gasteiger partial charge in [-0.1, -0.05) is 91.0 Å². The highest BCUT2D eigenvalue weighted by Crippen LogP contribution is 2.31. The second-order valence-electron chi connectivity index (χ2n) is 11.9. The van der Waals surface area contributed by atoms with Gasteiger partial charge in [-0.2, -0.15) is 13.2 Å². The zero-order valence-corrected chi connectivity index (χ0v) is 29.3. The Morgan fingerprint density at radius 1 is 0.692 bits per heavy atom. The van der Waals surface area contributed by atoms with Crippen LogP contribution >= 0.6 is 0 Å². The Morgan fingerprint density at radius 3 is 1.69 bits per heavy atom. The van der Waals surface area contributed by atoms with Gasteiger partial charge in [0.05, 0.1) is 10.5 Å². The van der Waals surface area contributed by atoms with Gasteiger partial charge in [-0.15, -0.1) is 0 Å². The number of alkyl halides is 3. The maximum Gasteiger partial charge on any atom is 0.416 e. The van der Waals surface area contributed by atoms with Crippen molar-refractivity contribution < 1.29 is 44.7 Å². The number of amides is 1. The first kappa shape index (κ1) is 37.9. The molecule has 1 unspecified atom stereocenters. The zero-order chi connectivity index (χ0) is 37.7. The molecule has 0 saturated carbocycles. The monoisotopic (exact) mass is 750 g/mol. The minimum absolute atomic E-state index is 0.0478. The lowest BCUT2D eigenvalue weighted by molar-refractivity contribution is -0.142. The van der Waals surface area contributed by atoms with E-state index in [0.717, 1.165) is 46.5 Å². The Bertz CT molecular complexity index is 2260. The number of hydrogen-bond acceptors (Lipinski definition) is 6. The van der Waals surface area contributed by atoms with E-state index in [9.17, 15) is 44.7 Å². The molecular weight excluding hydrogens is 718 g/mol. The van der Waals surface area contributed by atoms with E-state index in [0.29, 0.717) is 16.7 Å². The number of carboxylic acids is 1. The molecule has 9 nitrogen and oxygen atoms in total. The molecule has 0 aliphatic carbocycles. The first-order valence-electron chi connectivity index (χ1n) is 15.8. The zero-order valence-electron chi connectivity index (χ0n) is 27.6. The molecule has 270 valence electrons. The summed E-state index contributed by atoms with van der Waals surface area (Å²) >= 11 is 0. The number of sulfone groups is 1. The summed E-state index contributed by atoms with van der Waals surface area (Å²) < 4.78 is 92.5. The molecule has 0 fully saturated rings. The van der Waals surface area contributed by atoms with Gasteiger partial charge in [-0.25, -0.2) is 26.4 Å². The van der Waals surface area contributed by atoms with Crippen LogP contribution in [0.15, 0.2) is 137 Å². The maximum absolute atomic E-state index is 14.0. The van der Waals surface area contributed by atoms with Gasteiger partial charge in [0.2, 0.25) is 10.0 Å². The Morgan fingerprint density at radius 2 is 1.17 bits per heavy atom. The standard InChI is InChI=1S/C38H33F3N2O7S2/c1-51(47,48)34-9-5-6-10-35(34)52(49,50)42-23-24-43(33(37(45)46)25-26-11-13-28(14-12-26)27-7-3-2-4-8-27)36(44)31-17-15-29(16-18-31)30-19-21-32(22-20-30)38(39,40)41/h2-22,33,42H,23-25H2,1H3,(H,45,46). The van der Waals surface area contributed by atoms with Gasteiger partial charge >= 0.3 is 12.1 Å². The number of carbonyl (C=O) groups is 2. The van der Waals surface area contributed by atoms with E-state index in [1.54, 1.807) is 12.1 Å². The van der Waals surface area contributed by atoms with Crippen molar-refractivity contribution >= 4 is 31.7 Å². The summed E-state index contributed by atoms with van der Waals surface area (Å²) in [5.74, 6) is -2.10. The lowest BCUT2D eigenvalue weighted by atomic mass is 9.99. The number of benzene rings is 5. The predicted molar refractivity (Wildman–Crippen MR) is 190 cm³/mol. The van der Waals surface area contributed by atoms with E-state index in [4.69, 9.17) is 0 Å². The Labute approximate surface area is 299 Å². The Balaban J connectivity index is 1.43. The van der Waals surface area contributed by atoms with Crippen LogP contribution in [-0.4, -0.2) is 64.1 Å². The van der Waals surface area contributed by atoms with Crippen LogP contribution in [0.25, 0.3) is 22.3 Å². The van der Waals surface area contributed by atoms with Crippen LogP contribution in [0.4, 0.5) is 13.2 Å². The number of nitrogens with zero attached hydrogens (tertiary/aromatic N) is 1. The molecule has 1 amide bonds. The molecule has 0 aliphatic rings. The fraction of sp³-hybridized carbons (Fsp3) is 0.158. The highest BCUT2D eigenvalue weighted by atomic mass is 32.2. The van der Waals surface area contributed by atoms with Gasteiger partial charge in [0.25, 0.3) is 5.91 Å². The van der Waals surface area contributed by atoms with Crippen molar-refractivity contribution in [3.63, 3.8) is 0 Å². The molecule has 0 spiro atoms. The molecular formula is C38H33F3N2O7S2. The van der Waals surface area contributed by atoms with Crippen LogP contribution < -0.4 is 4.72 Å². The van der Waals surface area contributed by atoms with Crippen LogP contribution in [-0.2, 0) is 37.3 Å². The molecule has 5 rings (SSSR count). The van der Waals surface area contributed by atoms with Crippen LogP contribution in [0.5, 0.6) is 0 Å². The Kier molecular flexibility index (Phi) is 11.3. The van der Waals surface area contributed by atoms with E-state index < -0.39 is 72.4 Å². The van der Waals surface area contributed by atoms with Crippen molar-refractivity contribution in [2.45, 2.75) is 28.4 Å². The second kappa shape index (κ2) is 15.5. The highest BCUT2D eigenvalue weighted by molar-refractivity contribution is 7.93. The largest absolute Gasteiger partial charge is 0.480 e. The fourth-order valence-electron chi connectivity index (χ4n) is 5.60. The summed E-state index contributed by atoms with van der Waals surface area (Å²) in [5.41, 5.74) is 2.61. The molecule has 1 atom stereocenters. The van der Waals surface area contributed by atoms with E-state index in [1.165, 1.54) is 48.5 Å². The van der Waals surface area contributed by atoms with Gasteiger partial charge in [0.1, 0.15) is 10.9 Å². The predicted octanol–water partition coefficient (Wildman–Crippen LogP) is 6.56. The first-order valence-corrected chi connectivity index (χ1v) is 19.2. The number of aliphatic carboxylic acids is 1. The third-order valence-corrected chi connectivity index (χ3v) is 11.1. The molecule has 14 heteroatoms. The molecule has 2 N–H and O–H groups in total. The first-order chi connectivity index (χ1) is 24.5. The SMILES string of the molecule is CS(=O)(=O)c1ccccc1S(=O)(=O)NCCN(C(=O)c1ccc(-c2ccc(C(F)(F)F)cc2)cc1)C(Cc1ccc(-c2ccccc2)cc1)C(=O)O. The lowest BCUT2D eigenvalue weighted by Crippen LogP contribution is -2.49. The summed E-state index contributed by atoms with van der Waals surface area (Å²) in [7, 11) is -8.36. The van der Waals surface area contributed by atoms with Crippen LogP contribution in [0, 0.1) is 0 Å². The summed E-state index contributed by atoms with van der Waals surface area (Å²) in [6.07, 6.45) is -3.77. The minimum atomic E-state index is -4.51. The number of halogens is 3. The van der Waals surface area contributed by atoms with Crippen molar-refractivity contribution in [3.05, 3.63) is 144 Å². The quantitative estimate of drug-likeness (QED) is 0.139. The van der Waals surface area contributed by atoms with E-state index >= 15 is 0 Å². The number of carboxylic acid groups (broad SMARTS) is 1. The summed E-state index contributed by atoms with van der Waals surface area (Å²) in [5, 5.41) is 10.4. The Hall–Kier alpha value is -5.31. The maximum atomic E-state index is 14.0. The lowest BCUT2D eigenvalue weighted by Gasteiger charge is -2.29. The molecule has 0 heterocycles. The average molecular weight is 751 g/mol. The van der Waals surface area contributed by atoms with E-state index in [2.05, 4.69) is 4.72 Å². The van der Waals surface area contributed by atoms with Crippen molar-refractivity contribution in [3.8, 4) is 22.3 Å². The van der Waals surface area contributed by atoms with Crippen molar-refractivity contribution in [1.29, 1.82) is 0 Å². The smallest absolute Gasteiger partial charge is 0.416 e. The molecule has 0 bridgehead atoms. The topological polar surface area (TPSA) is 138 Å². The normalized spacial score (nSPS) is 12.6. The number of hydrogen-bond donors (Lipinski definition) is 2. The number of rotatable bonds is 13. The van der Waals surface area contributed by atoms with Gasteiger partial charge < -0.3 is 10.0 Å². The molecule has 0 radical (unpaired) electrons. The van der Waals surface area contributed by atoms with Crippen molar-refractivity contribution in [2.24, 2.45) is 0 Å². The number of nitrogens with one attached hydrogen (secondary N) is 1. The molecule has 0 aliphatic heterocycles. The molecule has 5 aromatic carbocycles. The van der Waals surface area contributed by atoms with Crippen LogP contribution in [0.3, 0.4) is 0 Å². The van der Waals surface area contributed by atoms with Gasteiger partial charge in [0.15, 0.2) is 9.84 Å². The minimum Gasteiger partial charge on any atom is -0.480 e. The third kappa shape index (κ3) is 9.12. The summed E-state index contributed by atoms with van der Waals surface area (Å²) in [6.45, 7) is -0.884. The van der Waals surface area contributed by atoms with Crippen LogP contribution in [0.2, 0.25) is 0 Å². The second-order valence-corrected chi connectivity index (χ2v) is 15.6. The highest BCUT2D eigenvalue weighted by Gasteiger charge is 2.32. The molecule has 0 aromatic heterocycles. The van der Waals surface area contributed by atoms with E-state index in [-0.39, 0.29) is 12.0 Å². The average Bonchev–Trinajstić information content (AvgIpc) is 3.12. The van der Waals surface area contributed by atoms with Gasteiger partial charge in [0, 0.05) is 31.3 Å². The van der Waals surface area contributed by atoms with Crippen molar-refractivity contribution in [2.75, 3.05) is 19.3 Å². The fourth-order valence-corrected chi connectivity index (χ4v) is 8.24. The van der Waals surface area contributed by atoms with Crippen molar-refractivity contribution in [1.82, 2.24) is 9.62 Å². The van der Waals surface area contributed by atoms with E-state index in [1.807, 2.05) is 42.5 Å².